The fraction of sp³-hybridized carbons (Fsp3) is 0.407. The molecule has 0 spiro atoms. The van der Waals surface area contributed by atoms with Crippen molar-refractivity contribution in [3.63, 3.8) is 0 Å². The van der Waals surface area contributed by atoms with Crippen LogP contribution in [-0.2, 0) is 0 Å². The molecule has 0 atom stereocenters. The Bertz CT molecular complexity index is 1310. The van der Waals surface area contributed by atoms with Crippen LogP contribution in [0.1, 0.15) is 48.9 Å². The van der Waals surface area contributed by atoms with Gasteiger partial charge in [-0.15, -0.1) is 0 Å². The number of carbonyl (C=O) groups excluding carboxylic acids is 1. The van der Waals surface area contributed by atoms with E-state index < -0.39 is 11.4 Å². The zero-order chi connectivity index (χ0) is 28.1. The predicted molar refractivity (Wildman–Crippen MR) is 150 cm³/mol. The maximum absolute atomic E-state index is 12.8. The number of aromatic nitrogens is 3. The molecule has 2 aliphatic heterocycles. The van der Waals surface area contributed by atoms with Gasteiger partial charge >= 0.3 is 5.51 Å². The molecular weight excluding hydrogens is 543 g/mol. The van der Waals surface area contributed by atoms with Crippen molar-refractivity contribution in [3.8, 4) is 5.75 Å². The van der Waals surface area contributed by atoms with Gasteiger partial charge in [-0.2, -0.15) is 28.1 Å². The number of carbonyl (C=O) groups is 1. The van der Waals surface area contributed by atoms with Crippen LogP contribution >= 0.6 is 11.8 Å². The number of aromatic hydroxyl groups is 1. The summed E-state index contributed by atoms with van der Waals surface area (Å²) in [5.41, 5.74) is -3.82. The lowest BCUT2D eigenvalue weighted by Crippen LogP contribution is -2.34. The molecule has 0 radical (unpaired) electrons. The molecule has 0 saturated carbocycles. The van der Waals surface area contributed by atoms with Gasteiger partial charge in [-0.1, -0.05) is 6.07 Å². The highest BCUT2D eigenvalue weighted by Gasteiger charge is 2.29. The Hall–Kier alpha value is -3.74. The second-order valence-corrected chi connectivity index (χ2v) is 10.9. The highest BCUT2D eigenvalue weighted by molar-refractivity contribution is 8.00. The summed E-state index contributed by atoms with van der Waals surface area (Å²) in [5, 5.41) is 16.3. The van der Waals surface area contributed by atoms with Gasteiger partial charge in [-0.25, -0.2) is 0 Å². The number of phenols is 1. The number of anilines is 5. The molecule has 1 aromatic heterocycles. The van der Waals surface area contributed by atoms with E-state index in [0.717, 1.165) is 51.9 Å². The minimum absolute atomic E-state index is 0.0296. The first-order valence-electron chi connectivity index (χ1n) is 13.3. The summed E-state index contributed by atoms with van der Waals surface area (Å²) >= 11 is -0.268. The van der Waals surface area contributed by atoms with E-state index in [0.29, 0.717) is 23.5 Å². The van der Waals surface area contributed by atoms with E-state index >= 15 is 0 Å². The van der Waals surface area contributed by atoms with Crippen LogP contribution in [0, 0.1) is 0 Å². The van der Waals surface area contributed by atoms with Gasteiger partial charge in [-0.3, -0.25) is 4.79 Å². The van der Waals surface area contributed by atoms with Gasteiger partial charge in [0.2, 0.25) is 17.8 Å². The molecule has 40 heavy (non-hydrogen) atoms. The van der Waals surface area contributed by atoms with Crippen LogP contribution in [0.25, 0.3) is 0 Å². The van der Waals surface area contributed by atoms with Crippen LogP contribution in [0.15, 0.2) is 47.4 Å². The number of hydrogen-bond acceptors (Lipinski definition) is 9. The van der Waals surface area contributed by atoms with Crippen LogP contribution in [0.4, 0.5) is 42.4 Å². The summed E-state index contributed by atoms with van der Waals surface area (Å²) in [6.45, 7) is 3.52. The Kier molecular flexibility index (Phi) is 8.48. The molecule has 0 bridgehead atoms. The number of benzene rings is 2. The normalized spacial score (nSPS) is 16.1. The van der Waals surface area contributed by atoms with E-state index in [9.17, 15) is 23.1 Å². The molecular formula is C27H30F3N7O2S. The summed E-state index contributed by atoms with van der Waals surface area (Å²) in [5.74, 6) is 0.613. The van der Waals surface area contributed by atoms with Gasteiger partial charge < -0.3 is 25.5 Å². The second kappa shape index (κ2) is 12.2. The Morgan fingerprint density at radius 1 is 0.825 bits per heavy atom. The lowest BCUT2D eigenvalue weighted by Gasteiger charge is -2.30. The molecule has 13 heteroatoms. The van der Waals surface area contributed by atoms with Gasteiger partial charge in [0.25, 0.3) is 5.91 Å². The van der Waals surface area contributed by atoms with Crippen LogP contribution in [0.3, 0.4) is 0 Å². The highest BCUT2D eigenvalue weighted by atomic mass is 32.2. The number of phenolic OH excluding ortho intramolecular Hbond substituents is 1. The van der Waals surface area contributed by atoms with E-state index in [4.69, 9.17) is 4.98 Å². The van der Waals surface area contributed by atoms with Crippen molar-refractivity contribution < 1.29 is 23.1 Å². The maximum Gasteiger partial charge on any atom is 0.446 e. The molecule has 2 aliphatic rings. The second-order valence-electron chi connectivity index (χ2n) is 9.74. The molecule has 3 aromatic rings. The van der Waals surface area contributed by atoms with Crippen molar-refractivity contribution in [2.24, 2.45) is 0 Å². The van der Waals surface area contributed by atoms with Crippen molar-refractivity contribution in [2.75, 3.05) is 46.6 Å². The fourth-order valence-electron chi connectivity index (χ4n) is 4.78. The van der Waals surface area contributed by atoms with Gasteiger partial charge in [0.05, 0.1) is 5.56 Å². The third-order valence-corrected chi connectivity index (χ3v) is 7.43. The predicted octanol–water partition coefficient (Wildman–Crippen LogP) is 6.17. The number of amides is 1. The molecule has 0 unspecified atom stereocenters. The Balaban J connectivity index is 1.32. The number of halogens is 3. The highest BCUT2D eigenvalue weighted by Crippen LogP contribution is 2.37. The smallest absolute Gasteiger partial charge is 0.446 e. The first-order valence-corrected chi connectivity index (χ1v) is 14.1. The number of nitrogens with one attached hydrogen (secondary N) is 2. The topological polar surface area (TPSA) is 107 Å². The minimum Gasteiger partial charge on any atom is -0.507 e. The van der Waals surface area contributed by atoms with Gasteiger partial charge in [-0.05, 0) is 80.6 Å². The summed E-state index contributed by atoms with van der Waals surface area (Å²) < 4.78 is 38.1. The van der Waals surface area contributed by atoms with E-state index in [-0.39, 0.29) is 33.7 Å². The van der Waals surface area contributed by atoms with Gasteiger partial charge in [0.1, 0.15) is 5.75 Å². The van der Waals surface area contributed by atoms with E-state index in [2.05, 4.69) is 30.4 Å². The van der Waals surface area contributed by atoms with E-state index in [1.165, 1.54) is 49.2 Å². The third kappa shape index (κ3) is 7.26. The Morgan fingerprint density at radius 2 is 1.45 bits per heavy atom. The average molecular weight is 574 g/mol. The number of rotatable bonds is 7. The molecule has 5 rings (SSSR count). The summed E-state index contributed by atoms with van der Waals surface area (Å²) in [6.07, 6.45) is 6.69. The van der Waals surface area contributed by atoms with Crippen LogP contribution in [-0.4, -0.2) is 57.7 Å². The Labute approximate surface area is 234 Å². The van der Waals surface area contributed by atoms with Gasteiger partial charge in [0.15, 0.2) is 0 Å². The van der Waals surface area contributed by atoms with Gasteiger partial charge in [0, 0.05) is 48.5 Å². The summed E-state index contributed by atoms with van der Waals surface area (Å²) in [4.78, 5) is 31.1. The first kappa shape index (κ1) is 27.8. The number of nitrogens with zero attached hydrogens (tertiary/aromatic N) is 5. The molecule has 2 saturated heterocycles. The minimum atomic E-state index is -4.44. The third-order valence-electron chi connectivity index (χ3n) is 6.71. The van der Waals surface area contributed by atoms with Crippen molar-refractivity contribution >= 4 is 46.9 Å². The van der Waals surface area contributed by atoms with Crippen LogP contribution < -0.4 is 20.4 Å². The van der Waals surface area contributed by atoms with Crippen LogP contribution in [0.5, 0.6) is 5.75 Å². The zero-order valence-corrected chi connectivity index (χ0v) is 22.6. The zero-order valence-electron chi connectivity index (χ0n) is 21.7. The first-order chi connectivity index (χ1) is 19.2. The monoisotopic (exact) mass is 573 g/mol. The fourth-order valence-corrected chi connectivity index (χ4v) is 5.38. The van der Waals surface area contributed by atoms with E-state index in [1.54, 1.807) is 6.07 Å². The number of alkyl halides is 3. The summed E-state index contributed by atoms with van der Waals surface area (Å²) in [7, 11) is 0. The molecule has 2 fully saturated rings. The molecule has 2 aromatic carbocycles. The molecule has 1 amide bonds. The molecule has 0 aliphatic carbocycles. The molecule has 3 N–H and O–H groups in total. The van der Waals surface area contributed by atoms with Crippen LogP contribution in [0.2, 0.25) is 0 Å². The number of piperidine rings is 2. The standard InChI is InChI=1S/C27H30F3N7O2S/c28-27(29,30)40-20-9-7-8-18(16-20)31-23(39)21-11-10-19(17-22(21)38)32-24-33-25(36-12-3-1-4-13-36)35-26(34-24)37-14-5-2-6-15-37/h7-11,16-17,38H,1-6,12-15H2,(H,31,39)(H,32,33,34,35). The maximum atomic E-state index is 12.8. The average Bonchev–Trinajstić information content (AvgIpc) is 2.93. The summed E-state index contributed by atoms with van der Waals surface area (Å²) in [6, 6.07) is 9.85. The van der Waals surface area contributed by atoms with Crippen molar-refractivity contribution in [2.45, 2.75) is 48.9 Å². The molecule has 212 valence electrons. The van der Waals surface area contributed by atoms with Crippen molar-refractivity contribution in [3.05, 3.63) is 48.0 Å². The Morgan fingerprint density at radius 3 is 2.02 bits per heavy atom. The SMILES string of the molecule is O=C(Nc1cccc(SC(F)(F)F)c1)c1ccc(Nc2nc(N3CCCCC3)nc(N3CCCCC3)n2)cc1O. The molecule has 3 heterocycles. The molecule has 9 nitrogen and oxygen atoms in total. The quantitative estimate of drug-likeness (QED) is 0.286. The lowest BCUT2D eigenvalue weighted by atomic mass is 10.1. The largest absolute Gasteiger partial charge is 0.507 e. The van der Waals surface area contributed by atoms with Crippen molar-refractivity contribution in [1.82, 2.24) is 15.0 Å². The van der Waals surface area contributed by atoms with E-state index in [1.807, 2.05) is 0 Å². The number of hydrogen-bond donors (Lipinski definition) is 3. The van der Waals surface area contributed by atoms with Crippen molar-refractivity contribution in [1.29, 1.82) is 0 Å². The number of thioether (sulfide) groups is 1. The lowest BCUT2D eigenvalue weighted by molar-refractivity contribution is -0.0328.